The summed E-state index contributed by atoms with van der Waals surface area (Å²) in [5.41, 5.74) is 2.26. The summed E-state index contributed by atoms with van der Waals surface area (Å²) in [6.07, 6.45) is 0.559. The zero-order valence-electron chi connectivity index (χ0n) is 11.2. The maximum absolute atomic E-state index is 12.6. The van der Waals surface area contributed by atoms with Gasteiger partial charge in [0, 0.05) is 31.6 Å². The number of hydrogen-bond donors (Lipinski definition) is 1. The number of rotatable bonds is 0. The molecule has 0 aliphatic carbocycles. The van der Waals surface area contributed by atoms with Crippen molar-refractivity contribution in [2.75, 3.05) is 37.7 Å². The van der Waals surface area contributed by atoms with Gasteiger partial charge in [0.15, 0.2) is 0 Å². The Kier molecular flexibility index (Phi) is 3.56. The van der Waals surface area contributed by atoms with Gasteiger partial charge in [0.25, 0.3) is 0 Å². The second-order valence-corrected chi connectivity index (χ2v) is 4.85. The molecule has 0 saturated carbocycles. The van der Waals surface area contributed by atoms with Gasteiger partial charge < -0.3 is 14.8 Å². The molecule has 1 aromatic rings. The first-order valence-corrected chi connectivity index (χ1v) is 6.76. The fraction of sp³-hybridized carbons (Fsp3) is 0.429. The number of anilines is 1. The van der Waals surface area contributed by atoms with Gasteiger partial charge in [-0.2, -0.15) is 0 Å². The maximum atomic E-state index is 12.6. The summed E-state index contributed by atoms with van der Waals surface area (Å²) in [6, 6.07) is 7.53. The molecule has 2 aliphatic rings. The molecule has 3 rings (SSSR count). The molecular weight excluding hydrogens is 258 g/mol. The molecule has 0 radical (unpaired) electrons. The highest BCUT2D eigenvalue weighted by molar-refractivity contribution is 6.10. The van der Waals surface area contributed by atoms with Crippen LogP contribution in [0.3, 0.4) is 0 Å². The van der Waals surface area contributed by atoms with E-state index in [1.165, 1.54) is 0 Å². The van der Waals surface area contributed by atoms with Crippen molar-refractivity contribution in [3.05, 3.63) is 29.8 Å². The molecule has 20 heavy (non-hydrogen) atoms. The minimum atomic E-state index is -0.00209. The van der Waals surface area contributed by atoms with Gasteiger partial charge in [-0.1, -0.05) is 23.4 Å². The minimum Gasteiger partial charge on any atom is -0.411 e. The molecule has 106 valence electrons. The molecule has 0 spiro atoms. The number of fused-ring (bicyclic) bond motifs is 1. The molecule has 0 unspecified atom stereocenters. The minimum absolute atomic E-state index is 0.00209. The Morgan fingerprint density at radius 3 is 2.70 bits per heavy atom. The highest BCUT2D eigenvalue weighted by Gasteiger charge is 2.29. The summed E-state index contributed by atoms with van der Waals surface area (Å²) >= 11 is 0. The number of ether oxygens (including phenoxy) is 1. The number of carbonyl (C=O) groups excluding carboxylic acids is 1. The zero-order valence-corrected chi connectivity index (χ0v) is 11.2. The van der Waals surface area contributed by atoms with E-state index in [1.54, 1.807) is 9.80 Å². The number of nitrogens with zero attached hydrogens (tertiary/aromatic N) is 3. The Balaban J connectivity index is 1.89. The quantitative estimate of drug-likeness (QED) is 0.577. The second kappa shape index (κ2) is 5.50. The lowest BCUT2D eigenvalue weighted by Gasteiger charge is -2.35. The number of hydrogen-bond acceptors (Lipinski definition) is 4. The molecule has 6 heteroatoms. The molecule has 1 N–H and O–H groups in total. The highest BCUT2D eigenvalue weighted by Crippen LogP contribution is 2.28. The Labute approximate surface area is 117 Å². The van der Waals surface area contributed by atoms with Gasteiger partial charge >= 0.3 is 6.03 Å². The van der Waals surface area contributed by atoms with Crippen molar-refractivity contribution >= 4 is 17.4 Å². The van der Waals surface area contributed by atoms with Gasteiger partial charge in [0.2, 0.25) is 0 Å². The fourth-order valence-corrected chi connectivity index (χ4v) is 2.65. The van der Waals surface area contributed by atoms with Gasteiger partial charge in [0.1, 0.15) is 0 Å². The number of morpholine rings is 1. The van der Waals surface area contributed by atoms with Crippen molar-refractivity contribution in [2.24, 2.45) is 5.16 Å². The first kappa shape index (κ1) is 12.9. The summed E-state index contributed by atoms with van der Waals surface area (Å²) in [6.45, 7) is 2.96. The van der Waals surface area contributed by atoms with E-state index in [0.29, 0.717) is 45.0 Å². The number of benzene rings is 1. The number of oxime groups is 1. The van der Waals surface area contributed by atoms with Gasteiger partial charge in [-0.15, -0.1) is 0 Å². The van der Waals surface area contributed by atoms with Crippen LogP contribution in [0.5, 0.6) is 0 Å². The third-order valence-corrected chi connectivity index (χ3v) is 3.71. The first-order chi connectivity index (χ1) is 9.81. The summed E-state index contributed by atoms with van der Waals surface area (Å²) in [7, 11) is 0. The Hall–Kier alpha value is -2.08. The molecule has 2 heterocycles. The lowest BCUT2D eigenvalue weighted by atomic mass is 10.00. The van der Waals surface area contributed by atoms with E-state index >= 15 is 0 Å². The number of urea groups is 1. The normalized spacial score (nSPS) is 20.9. The van der Waals surface area contributed by atoms with Crippen LogP contribution in [0.25, 0.3) is 0 Å². The third kappa shape index (κ3) is 2.22. The predicted molar refractivity (Wildman–Crippen MR) is 74.5 cm³/mol. The van der Waals surface area contributed by atoms with E-state index in [-0.39, 0.29) is 6.03 Å². The van der Waals surface area contributed by atoms with Crippen molar-refractivity contribution in [2.45, 2.75) is 6.42 Å². The van der Waals surface area contributed by atoms with Crippen LogP contribution in [0, 0.1) is 0 Å². The monoisotopic (exact) mass is 275 g/mol. The van der Waals surface area contributed by atoms with Gasteiger partial charge in [-0.3, -0.25) is 4.90 Å². The molecule has 0 bridgehead atoms. The lowest BCUT2D eigenvalue weighted by molar-refractivity contribution is 0.0548. The van der Waals surface area contributed by atoms with Crippen LogP contribution in [0.1, 0.15) is 12.0 Å². The van der Waals surface area contributed by atoms with E-state index in [0.717, 1.165) is 11.3 Å². The van der Waals surface area contributed by atoms with Crippen molar-refractivity contribution in [1.29, 1.82) is 0 Å². The molecule has 0 aromatic heterocycles. The Morgan fingerprint density at radius 2 is 1.95 bits per heavy atom. The average molecular weight is 275 g/mol. The van der Waals surface area contributed by atoms with Gasteiger partial charge in [-0.25, -0.2) is 4.79 Å². The van der Waals surface area contributed by atoms with E-state index in [9.17, 15) is 4.79 Å². The number of amides is 2. The van der Waals surface area contributed by atoms with Gasteiger partial charge in [0.05, 0.1) is 24.6 Å². The SMILES string of the molecule is O=C(N1CCOCC1)N1CCC(=NO)c2ccccc21. The first-order valence-electron chi connectivity index (χ1n) is 6.76. The maximum Gasteiger partial charge on any atom is 0.324 e. The highest BCUT2D eigenvalue weighted by atomic mass is 16.5. The van der Waals surface area contributed by atoms with Crippen LogP contribution < -0.4 is 4.90 Å². The topological polar surface area (TPSA) is 65.4 Å². The van der Waals surface area contributed by atoms with Crippen LogP contribution in [0.4, 0.5) is 10.5 Å². The molecule has 6 nitrogen and oxygen atoms in total. The molecular formula is C14H17N3O3. The summed E-state index contributed by atoms with van der Waals surface area (Å²) < 4.78 is 5.28. The average Bonchev–Trinajstić information content (AvgIpc) is 2.54. The van der Waals surface area contributed by atoms with E-state index in [4.69, 9.17) is 9.94 Å². The van der Waals surface area contributed by atoms with Crippen molar-refractivity contribution in [3.8, 4) is 0 Å². The lowest BCUT2D eigenvalue weighted by Crippen LogP contribution is -2.50. The predicted octanol–water partition coefficient (Wildman–Crippen LogP) is 1.53. The van der Waals surface area contributed by atoms with Crippen LogP contribution >= 0.6 is 0 Å². The summed E-state index contributed by atoms with van der Waals surface area (Å²) in [5.74, 6) is 0. The molecule has 2 aliphatic heterocycles. The van der Waals surface area contributed by atoms with Crippen molar-refractivity contribution in [1.82, 2.24) is 4.90 Å². The van der Waals surface area contributed by atoms with Gasteiger partial charge in [-0.05, 0) is 6.07 Å². The summed E-state index contributed by atoms with van der Waals surface area (Å²) in [4.78, 5) is 16.2. The second-order valence-electron chi connectivity index (χ2n) is 4.85. The molecule has 1 saturated heterocycles. The smallest absolute Gasteiger partial charge is 0.324 e. The molecule has 0 atom stereocenters. The van der Waals surface area contributed by atoms with E-state index in [2.05, 4.69) is 5.16 Å². The zero-order chi connectivity index (χ0) is 13.9. The third-order valence-electron chi connectivity index (χ3n) is 3.71. The van der Waals surface area contributed by atoms with E-state index < -0.39 is 0 Å². The van der Waals surface area contributed by atoms with Crippen LogP contribution in [0.2, 0.25) is 0 Å². The van der Waals surface area contributed by atoms with Crippen molar-refractivity contribution < 1.29 is 14.7 Å². The number of para-hydroxylation sites is 1. The molecule has 2 amide bonds. The van der Waals surface area contributed by atoms with Crippen LogP contribution in [-0.2, 0) is 4.74 Å². The fourth-order valence-electron chi connectivity index (χ4n) is 2.65. The largest absolute Gasteiger partial charge is 0.411 e. The molecule has 1 aromatic carbocycles. The molecule has 1 fully saturated rings. The van der Waals surface area contributed by atoms with Crippen LogP contribution in [-0.4, -0.2) is 54.7 Å². The van der Waals surface area contributed by atoms with E-state index in [1.807, 2.05) is 24.3 Å². The summed E-state index contributed by atoms with van der Waals surface area (Å²) in [5, 5.41) is 12.4. The number of carbonyl (C=O) groups is 1. The van der Waals surface area contributed by atoms with Crippen LogP contribution in [0.15, 0.2) is 29.4 Å². The Bertz CT molecular complexity index is 538. The van der Waals surface area contributed by atoms with Crippen molar-refractivity contribution in [3.63, 3.8) is 0 Å². The Morgan fingerprint density at radius 1 is 1.20 bits per heavy atom. The standard InChI is InChI=1S/C14H17N3O3/c18-14(16-7-9-20-10-8-16)17-6-5-12(15-19)11-3-1-2-4-13(11)17/h1-4,19H,5-10H2.